The monoisotopic (exact) mass is 200 g/mol. The molecule has 1 atom stereocenters. The van der Waals surface area contributed by atoms with Crippen LogP contribution in [0.5, 0.6) is 0 Å². The highest BCUT2D eigenvalue weighted by Crippen LogP contribution is 2.25. The maximum absolute atomic E-state index is 11.4. The molecule has 0 heterocycles. The van der Waals surface area contributed by atoms with Crippen molar-refractivity contribution in [3.05, 3.63) is 0 Å². The van der Waals surface area contributed by atoms with Crippen LogP contribution < -0.4 is 0 Å². The van der Waals surface area contributed by atoms with Crippen molar-refractivity contribution in [3.63, 3.8) is 0 Å². The summed E-state index contributed by atoms with van der Waals surface area (Å²) in [6.07, 6.45) is 0.543. The third-order valence-electron chi connectivity index (χ3n) is 1.88. The molecule has 0 aromatic heterocycles. The first-order chi connectivity index (χ1) is 6.28. The van der Waals surface area contributed by atoms with Gasteiger partial charge in [0.1, 0.15) is 11.7 Å². The second-order valence-electron chi connectivity index (χ2n) is 4.68. The van der Waals surface area contributed by atoms with Crippen LogP contribution in [-0.2, 0) is 14.3 Å². The molecule has 0 aliphatic rings. The number of rotatable bonds is 4. The predicted molar refractivity (Wildman–Crippen MR) is 54.9 cm³/mol. The summed E-state index contributed by atoms with van der Waals surface area (Å²) in [5, 5.41) is 0. The lowest BCUT2D eigenvalue weighted by molar-refractivity contribution is -0.152. The van der Waals surface area contributed by atoms with E-state index in [-0.39, 0.29) is 11.2 Å². The average molecular weight is 200 g/mol. The van der Waals surface area contributed by atoms with Crippen LogP contribution in [-0.4, -0.2) is 18.4 Å². The fourth-order valence-electron chi connectivity index (χ4n) is 1.25. The Balaban J connectivity index is 4.45. The molecule has 0 amide bonds. The third-order valence-corrected chi connectivity index (χ3v) is 1.88. The molecule has 0 aliphatic carbocycles. The van der Waals surface area contributed by atoms with E-state index in [1.807, 2.05) is 20.8 Å². The van der Waals surface area contributed by atoms with Crippen molar-refractivity contribution in [2.45, 2.75) is 41.0 Å². The van der Waals surface area contributed by atoms with Crippen LogP contribution in [0.3, 0.4) is 0 Å². The first-order valence-corrected chi connectivity index (χ1v) is 4.95. The van der Waals surface area contributed by atoms with Gasteiger partial charge in [-0.1, -0.05) is 20.8 Å². The zero-order chi connectivity index (χ0) is 11.4. The molecule has 0 spiro atoms. The number of esters is 1. The molecule has 0 bridgehead atoms. The molecular formula is C11H20O3. The zero-order valence-corrected chi connectivity index (χ0v) is 9.72. The van der Waals surface area contributed by atoms with Crippen molar-refractivity contribution in [1.29, 1.82) is 0 Å². The number of hydrogen-bond acceptors (Lipinski definition) is 3. The highest BCUT2D eigenvalue weighted by atomic mass is 16.5. The van der Waals surface area contributed by atoms with Gasteiger partial charge >= 0.3 is 5.97 Å². The minimum atomic E-state index is -0.602. The van der Waals surface area contributed by atoms with Gasteiger partial charge in [-0.2, -0.15) is 0 Å². The van der Waals surface area contributed by atoms with Crippen LogP contribution in [0.15, 0.2) is 0 Å². The summed E-state index contributed by atoms with van der Waals surface area (Å²) in [5.74, 6) is -1.11. The highest BCUT2D eigenvalue weighted by molar-refractivity contribution is 5.97. The van der Waals surface area contributed by atoms with Gasteiger partial charge in [0.05, 0.1) is 6.61 Å². The van der Waals surface area contributed by atoms with Gasteiger partial charge in [-0.3, -0.25) is 9.59 Å². The maximum atomic E-state index is 11.4. The minimum absolute atomic E-state index is 0.0386. The molecule has 0 rings (SSSR count). The number of ketones is 1. The predicted octanol–water partition coefficient (Wildman–Crippen LogP) is 2.19. The van der Waals surface area contributed by atoms with Crippen LogP contribution in [0.25, 0.3) is 0 Å². The Labute approximate surface area is 85.8 Å². The van der Waals surface area contributed by atoms with E-state index in [0.717, 1.165) is 0 Å². The number of ether oxygens (including phenoxy) is 1. The summed E-state index contributed by atoms with van der Waals surface area (Å²) >= 11 is 0. The zero-order valence-electron chi connectivity index (χ0n) is 9.72. The summed E-state index contributed by atoms with van der Waals surface area (Å²) in [6.45, 7) is 9.51. The smallest absolute Gasteiger partial charge is 0.316 e. The number of hydrogen-bond donors (Lipinski definition) is 0. The number of Topliss-reactive ketones (excluding diaryl/α,β-unsaturated/α-hetero) is 1. The molecule has 0 fully saturated rings. The van der Waals surface area contributed by atoms with Crippen molar-refractivity contribution >= 4 is 11.8 Å². The van der Waals surface area contributed by atoms with E-state index < -0.39 is 11.9 Å². The molecule has 3 nitrogen and oxygen atoms in total. The summed E-state index contributed by atoms with van der Waals surface area (Å²) in [4.78, 5) is 22.7. The molecule has 0 aliphatic heterocycles. The Kier molecular flexibility index (Phi) is 4.81. The Hall–Kier alpha value is -0.860. The third kappa shape index (κ3) is 5.00. The fraction of sp³-hybridized carbons (Fsp3) is 0.818. The normalized spacial score (nSPS) is 13.5. The van der Waals surface area contributed by atoms with E-state index in [2.05, 4.69) is 0 Å². The number of carbonyl (C=O) groups is 2. The van der Waals surface area contributed by atoms with Gasteiger partial charge in [0, 0.05) is 0 Å². The largest absolute Gasteiger partial charge is 0.465 e. The molecule has 0 aromatic rings. The molecular weight excluding hydrogens is 180 g/mol. The van der Waals surface area contributed by atoms with Crippen LogP contribution in [0.4, 0.5) is 0 Å². The van der Waals surface area contributed by atoms with Gasteiger partial charge in [-0.05, 0) is 25.7 Å². The lowest BCUT2D eigenvalue weighted by Crippen LogP contribution is -2.28. The Morgan fingerprint density at radius 2 is 1.79 bits per heavy atom. The SMILES string of the molecule is CCOC(=O)C(CC(C)(C)C)C(C)=O. The maximum Gasteiger partial charge on any atom is 0.316 e. The molecule has 14 heavy (non-hydrogen) atoms. The molecule has 0 saturated carbocycles. The summed E-state index contributed by atoms with van der Waals surface area (Å²) < 4.78 is 4.85. The van der Waals surface area contributed by atoms with E-state index in [4.69, 9.17) is 4.74 Å². The van der Waals surface area contributed by atoms with Crippen LogP contribution in [0, 0.1) is 11.3 Å². The standard InChI is InChI=1S/C11H20O3/c1-6-14-10(13)9(8(2)12)7-11(3,4)5/h9H,6-7H2,1-5H3. The van der Waals surface area contributed by atoms with Gasteiger partial charge in [0.15, 0.2) is 0 Å². The van der Waals surface area contributed by atoms with Gasteiger partial charge in [0.25, 0.3) is 0 Å². The van der Waals surface area contributed by atoms with Crippen LogP contribution >= 0.6 is 0 Å². The Morgan fingerprint density at radius 3 is 2.07 bits per heavy atom. The van der Waals surface area contributed by atoms with Crippen LogP contribution in [0.2, 0.25) is 0 Å². The minimum Gasteiger partial charge on any atom is -0.465 e. The second kappa shape index (κ2) is 5.13. The first kappa shape index (κ1) is 13.1. The molecule has 0 aromatic carbocycles. The van der Waals surface area contributed by atoms with Crippen molar-refractivity contribution < 1.29 is 14.3 Å². The van der Waals surface area contributed by atoms with E-state index in [0.29, 0.717) is 13.0 Å². The lowest BCUT2D eigenvalue weighted by atomic mass is 9.83. The van der Waals surface area contributed by atoms with Gasteiger partial charge in [-0.15, -0.1) is 0 Å². The van der Waals surface area contributed by atoms with Crippen molar-refractivity contribution in [2.24, 2.45) is 11.3 Å². The van der Waals surface area contributed by atoms with Crippen LogP contribution in [0.1, 0.15) is 41.0 Å². The average Bonchev–Trinajstić information content (AvgIpc) is 1.98. The molecule has 0 radical (unpaired) electrons. The quantitative estimate of drug-likeness (QED) is 0.516. The first-order valence-electron chi connectivity index (χ1n) is 4.95. The summed E-state index contributed by atoms with van der Waals surface area (Å²) in [7, 11) is 0. The van der Waals surface area contributed by atoms with E-state index in [1.165, 1.54) is 6.92 Å². The van der Waals surface area contributed by atoms with Gasteiger partial charge in [0.2, 0.25) is 0 Å². The van der Waals surface area contributed by atoms with Crippen molar-refractivity contribution in [2.75, 3.05) is 6.61 Å². The topological polar surface area (TPSA) is 43.4 Å². The lowest BCUT2D eigenvalue weighted by Gasteiger charge is -2.22. The van der Waals surface area contributed by atoms with Gasteiger partial charge in [-0.25, -0.2) is 0 Å². The summed E-state index contributed by atoms with van der Waals surface area (Å²) in [6, 6.07) is 0. The molecule has 0 saturated heterocycles. The second-order valence-corrected chi connectivity index (χ2v) is 4.68. The van der Waals surface area contributed by atoms with Crippen molar-refractivity contribution in [3.8, 4) is 0 Å². The fourth-order valence-corrected chi connectivity index (χ4v) is 1.25. The Morgan fingerprint density at radius 1 is 1.29 bits per heavy atom. The molecule has 0 N–H and O–H groups in total. The highest BCUT2D eigenvalue weighted by Gasteiger charge is 2.29. The molecule has 1 unspecified atom stereocenters. The van der Waals surface area contributed by atoms with E-state index in [1.54, 1.807) is 6.92 Å². The molecule has 82 valence electrons. The molecule has 3 heteroatoms. The van der Waals surface area contributed by atoms with E-state index >= 15 is 0 Å². The number of carbonyl (C=O) groups excluding carboxylic acids is 2. The van der Waals surface area contributed by atoms with Gasteiger partial charge < -0.3 is 4.74 Å². The Bertz CT molecular complexity index is 213. The summed E-state index contributed by atoms with van der Waals surface area (Å²) in [5.41, 5.74) is -0.0386. The van der Waals surface area contributed by atoms with Crippen molar-refractivity contribution in [1.82, 2.24) is 0 Å². The van der Waals surface area contributed by atoms with E-state index in [9.17, 15) is 9.59 Å².